The molecule has 110 valence electrons. The number of hydrogen-bond acceptors (Lipinski definition) is 3. The van der Waals surface area contributed by atoms with E-state index in [2.05, 4.69) is 52.3 Å². The molecule has 0 spiro atoms. The summed E-state index contributed by atoms with van der Waals surface area (Å²) in [4.78, 5) is 14.1. The number of hydrogen-bond donors (Lipinski definition) is 1. The van der Waals surface area contributed by atoms with Crippen LogP contribution in [0.2, 0.25) is 0 Å². The molecule has 0 saturated heterocycles. The Morgan fingerprint density at radius 1 is 1.43 bits per heavy atom. The Kier molecular flexibility index (Phi) is 5.20. The van der Waals surface area contributed by atoms with Gasteiger partial charge < -0.3 is 10.0 Å². The topological polar surface area (TPSA) is 40.5 Å². The Labute approximate surface area is 136 Å². The van der Waals surface area contributed by atoms with Crippen LogP contribution < -0.4 is 4.90 Å². The lowest BCUT2D eigenvalue weighted by atomic mass is 10.1. The van der Waals surface area contributed by atoms with Crippen LogP contribution in [-0.2, 0) is 4.79 Å². The third-order valence-corrected chi connectivity index (χ3v) is 5.06. The molecule has 0 saturated carbocycles. The zero-order valence-corrected chi connectivity index (χ0v) is 14.2. The maximum atomic E-state index is 10.6. The minimum atomic E-state index is -0.950. The minimum Gasteiger partial charge on any atom is -0.478 e. The van der Waals surface area contributed by atoms with E-state index in [9.17, 15) is 4.79 Å². The second-order valence-corrected chi connectivity index (χ2v) is 6.51. The maximum Gasteiger partial charge on any atom is 0.328 e. The smallest absolute Gasteiger partial charge is 0.328 e. The van der Waals surface area contributed by atoms with Gasteiger partial charge in [0.15, 0.2) is 0 Å². The van der Waals surface area contributed by atoms with Gasteiger partial charge in [-0.25, -0.2) is 4.79 Å². The molecule has 21 heavy (non-hydrogen) atoms. The quantitative estimate of drug-likeness (QED) is 0.773. The summed E-state index contributed by atoms with van der Waals surface area (Å²) in [6, 6.07) is 10.4. The van der Waals surface area contributed by atoms with Gasteiger partial charge in [-0.3, -0.25) is 0 Å². The molecule has 0 bridgehead atoms. The molecule has 1 aromatic carbocycles. The average molecular weight is 366 g/mol. The van der Waals surface area contributed by atoms with E-state index in [0.717, 1.165) is 21.8 Å². The fraction of sp³-hybridized carbons (Fsp3) is 0.188. The number of nitrogens with zero attached hydrogens (tertiary/aromatic N) is 1. The van der Waals surface area contributed by atoms with E-state index in [4.69, 9.17) is 5.11 Å². The standard InChI is InChI=1S/C16H16BrNO2S/c1-11(15-4-3-9-21-15)18(2)13-7-5-12(14(17)10-13)6-8-16(19)20/h3-11H,1-2H3,(H,19,20)/b8-6+. The summed E-state index contributed by atoms with van der Waals surface area (Å²) in [5.74, 6) is -0.950. The Morgan fingerprint density at radius 3 is 2.76 bits per heavy atom. The fourth-order valence-corrected chi connectivity index (χ4v) is 3.30. The normalized spacial score (nSPS) is 12.5. The molecule has 5 heteroatoms. The summed E-state index contributed by atoms with van der Waals surface area (Å²) in [6.07, 6.45) is 2.72. The lowest BCUT2D eigenvalue weighted by Crippen LogP contribution is -2.20. The van der Waals surface area contributed by atoms with Crippen LogP contribution in [0.1, 0.15) is 23.4 Å². The van der Waals surface area contributed by atoms with E-state index >= 15 is 0 Å². The second kappa shape index (κ2) is 6.91. The van der Waals surface area contributed by atoms with Crippen LogP contribution in [0.4, 0.5) is 5.69 Å². The van der Waals surface area contributed by atoms with Crippen molar-refractivity contribution >= 4 is 45.0 Å². The fourth-order valence-electron chi connectivity index (χ4n) is 1.98. The van der Waals surface area contributed by atoms with Crippen molar-refractivity contribution in [2.24, 2.45) is 0 Å². The third kappa shape index (κ3) is 3.95. The van der Waals surface area contributed by atoms with Crippen molar-refractivity contribution in [3.05, 3.63) is 56.7 Å². The summed E-state index contributed by atoms with van der Waals surface area (Å²) in [6.45, 7) is 2.16. The summed E-state index contributed by atoms with van der Waals surface area (Å²) in [5.41, 5.74) is 1.92. The summed E-state index contributed by atoms with van der Waals surface area (Å²) in [5, 5.41) is 10.8. The molecule has 1 aromatic heterocycles. The molecule has 0 aliphatic carbocycles. The molecule has 0 amide bonds. The largest absolute Gasteiger partial charge is 0.478 e. The number of anilines is 1. The molecular weight excluding hydrogens is 350 g/mol. The third-order valence-electron chi connectivity index (χ3n) is 3.33. The predicted octanol–water partition coefficient (Wildman–Crippen LogP) is 4.81. The lowest BCUT2D eigenvalue weighted by Gasteiger charge is -2.26. The van der Waals surface area contributed by atoms with Gasteiger partial charge in [-0.15, -0.1) is 11.3 Å². The number of halogens is 1. The number of rotatable bonds is 5. The van der Waals surface area contributed by atoms with E-state index < -0.39 is 5.97 Å². The summed E-state index contributed by atoms with van der Waals surface area (Å²) < 4.78 is 0.878. The minimum absolute atomic E-state index is 0.289. The molecule has 2 aromatic rings. The number of thiophene rings is 1. The molecule has 0 fully saturated rings. The van der Waals surface area contributed by atoms with Crippen LogP contribution in [0.15, 0.2) is 46.3 Å². The van der Waals surface area contributed by atoms with Gasteiger partial charge in [-0.1, -0.05) is 28.1 Å². The van der Waals surface area contributed by atoms with Crippen molar-refractivity contribution in [1.29, 1.82) is 0 Å². The van der Waals surface area contributed by atoms with Crippen LogP contribution in [0.5, 0.6) is 0 Å². The highest BCUT2D eigenvalue weighted by Crippen LogP contribution is 2.31. The Bertz CT molecular complexity index is 652. The molecule has 0 aliphatic rings. The number of carboxylic acids is 1. The Morgan fingerprint density at radius 2 is 2.19 bits per heavy atom. The van der Waals surface area contributed by atoms with Crippen LogP contribution in [-0.4, -0.2) is 18.1 Å². The van der Waals surface area contributed by atoms with E-state index in [-0.39, 0.29) is 6.04 Å². The molecule has 3 nitrogen and oxygen atoms in total. The van der Waals surface area contributed by atoms with Gasteiger partial charge in [0.05, 0.1) is 6.04 Å². The zero-order valence-electron chi connectivity index (χ0n) is 11.8. The van der Waals surface area contributed by atoms with E-state index in [1.54, 1.807) is 17.4 Å². The van der Waals surface area contributed by atoms with Gasteiger partial charge in [0.2, 0.25) is 0 Å². The van der Waals surface area contributed by atoms with Gasteiger partial charge in [-0.2, -0.15) is 0 Å². The Balaban J connectivity index is 2.21. The van der Waals surface area contributed by atoms with Gasteiger partial charge in [0.25, 0.3) is 0 Å². The molecule has 1 atom stereocenters. The number of carbonyl (C=O) groups is 1. The van der Waals surface area contributed by atoms with Crippen molar-refractivity contribution in [3.8, 4) is 0 Å². The lowest BCUT2D eigenvalue weighted by molar-refractivity contribution is -0.131. The van der Waals surface area contributed by atoms with Gasteiger partial charge >= 0.3 is 5.97 Å². The summed E-state index contributed by atoms with van der Waals surface area (Å²) >= 11 is 5.24. The Hall–Kier alpha value is -1.59. The van der Waals surface area contributed by atoms with E-state index in [1.165, 1.54) is 4.88 Å². The predicted molar refractivity (Wildman–Crippen MR) is 91.9 cm³/mol. The van der Waals surface area contributed by atoms with Crippen molar-refractivity contribution in [1.82, 2.24) is 0 Å². The van der Waals surface area contributed by atoms with Crippen LogP contribution in [0.25, 0.3) is 6.08 Å². The van der Waals surface area contributed by atoms with Crippen molar-refractivity contribution < 1.29 is 9.90 Å². The molecule has 0 aliphatic heterocycles. The highest BCUT2D eigenvalue weighted by atomic mass is 79.9. The highest BCUT2D eigenvalue weighted by molar-refractivity contribution is 9.10. The first kappa shape index (κ1) is 15.8. The first-order valence-corrected chi connectivity index (χ1v) is 8.13. The van der Waals surface area contributed by atoms with E-state index in [1.807, 2.05) is 18.2 Å². The molecule has 1 N–H and O–H groups in total. The van der Waals surface area contributed by atoms with Gasteiger partial charge in [0.1, 0.15) is 0 Å². The molecular formula is C16H16BrNO2S. The van der Waals surface area contributed by atoms with Crippen molar-refractivity contribution in [2.75, 3.05) is 11.9 Å². The monoisotopic (exact) mass is 365 g/mol. The summed E-state index contributed by atoms with van der Waals surface area (Å²) in [7, 11) is 2.05. The number of aliphatic carboxylic acids is 1. The zero-order chi connectivity index (χ0) is 15.4. The van der Waals surface area contributed by atoms with Crippen LogP contribution >= 0.6 is 27.3 Å². The first-order chi connectivity index (χ1) is 9.99. The SMILES string of the molecule is CC(c1cccs1)N(C)c1ccc(/C=C/C(=O)O)c(Br)c1. The van der Waals surface area contributed by atoms with Gasteiger partial charge in [0, 0.05) is 28.2 Å². The molecule has 1 unspecified atom stereocenters. The van der Waals surface area contributed by atoms with E-state index in [0.29, 0.717) is 0 Å². The van der Waals surface area contributed by atoms with Crippen LogP contribution in [0.3, 0.4) is 0 Å². The number of carboxylic acid groups (broad SMARTS) is 1. The molecule has 1 heterocycles. The van der Waals surface area contributed by atoms with Gasteiger partial charge in [-0.05, 0) is 42.1 Å². The van der Waals surface area contributed by atoms with Crippen molar-refractivity contribution in [2.45, 2.75) is 13.0 Å². The number of benzene rings is 1. The molecule has 0 radical (unpaired) electrons. The maximum absolute atomic E-state index is 10.6. The average Bonchev–Trinajstić information content (AvgIpc) is 2.98. The van der Waals surface area contributed by atoms with Crippen molar-refractivity contribution in [3.63, 3.8) is 0 Å². The van der Waals surface area contributed by atoms with Crippen LogP contribution in [0, 0.1) is 0 Å². The highest BCUT2D eigenvalue weighted by Gasteiger charge is 2.14. The second-order valence-electron chi connectivity index (χ2n) is 4.68. The molecule has 2 rings (SSSR count). The first-order valence-electron chi connectivity index (χ1n) is 6.46.